The minimum absolute atomic E-state index is 0.221. The Labute approximate surface area is 177 Å². The summed E-state index contributed by atoms with van der Waals surface area (Å²) in [7, 11) is 3.54. The highest BCUT2D eigenvalue weighted by molar-refractivity contribution is 5.92. The number of hydrogen-bond donors (Lipinski definition) is 2. The van der Waals surface area contributed by atoms with Gasteiger partial charge in [0.15, 0.2) is 5.75 Å². The van der Waals surface area contributed by atoms with Crippen LogP contribution in [-0.2, 0) is 0 Å². The molecule has 160 valence electrons. The van der Waals surface area contributed by atoms with Crippen LogP contribution in [0.15, 0.2) is 39.8 Å². The van der Waals surface area contributed by atoms with Gasteiger partial charge in [0.2, 0.25) is 0 Å². The monoisotopic (exact) mass is 421 g/mol. The van der Waals surface area contributed by atoms with Crippen LogP contribution in [0.25, 0.3) is 22.2 Å². The van der Waals surface area contributed by atoms with Crippen LogP contribution in [0.4, 0.5) is 0 Å². The lowest BCUT2D eigenvalue weighted by Gasteiger charge is -2.29. The number of rotatable bonds is 4. The maximum atomic E-state index is 13.0. The van der Waals surface area contributed by atoms with Crippen LogP contribution < -0.4 is 10.4 Å². The first-order chi connectivity index (χ1) is 14.9. The van der Waals surface area contributed by atoms with Crippen LogP contribution in [0.3, 0.4) is 0 Å². The molecule has 3 aromatic heterocycles. The lowest BCUT2D eigenvalue weighted by atomic mass is 9.99. The Kier molecular flexibility index (Phi) is 4.45. The molecule has 0 fully saturated rings. The average Bonchev–Trinajstić information content (AvgIpc) is 3.28. The van der Waals surface area contributed by atoms with E-state index in [1.165, 1.54) is 0 Å². The third kappa shape index (κ3) is 2.88. The van der Waals surface area contributed by atoms with Crippen molar-refractivity contribution in [2.45, 2.75) is 26.1 Å². The second-order valence-electron chi connectivity index (χ2n) is 7.98. The van der Waals surface area contributed by atoms with Gasteiger partial charge in [-0.2, -0.15) is 0 Å². The fourth-order valence-electron chi connectivity index (χ4n) is 4.33. The molecule has 1 aliphatic rings. The number of aromatic amines is 1. The van der Waals surface area contributed by atoms with Gasteiger partial charge in [0.1, 0.15) is 24.1 Å². The first-order valence-electron chi connectivity index (χ1n) is 10.0. The van der Waals surface area contributed by atoms with Gasteiger partial charge in [-0.15, -0.1) is 0 Å². The molecule has 9 heteroatoms. The Morgan fingerprint density at radius 1 is 1.29 bits per heavy atom. The van der Waals surface area contributed by atoms with Gasteiger partial charge in [0.05, 0.1) is 28.5 Å². The van der Waals surface area contributed by atoms with Crippen LogP contribution in [0.2, 0.25) is 0 Å². The molecule has 31 heavy (non-hydrogen) atoms. The van der Waals surface area contributed by atoms with Gasteiger partial charge in [-0.25, -0.2) is 4.79 Å². The summed E-state index contributed by atoms with van der Waals surface area (Å²) in [6, 6.07) is 7.01. The standard InChI is InChI=1S/C22H23N5O4/c1-11-17(12(2)31-25-11)14-7-8-15-19-20(14)30-10-16(27(19)22(29)24-15)13-6-5-9-23-18(13)21(28)26(3)4/h5-9,16,21,28H,10H2,1-4H3,(H,24,29). The molecular formula is C22H23N5O4. The molecule has 0 saturated heterocycles. The third-order valence-corrected chi connectivity index (χ3v) is 5.80. The molecule has 2 unspecified atom stereocenters. The van der Waals surface area contributed by atoms with Crippen LogP contribution in [0.5, 0.6) is 5.75 Å². The summed E-state index contributed by atoms with van der Waals surface area (Å²) in [6.07, 6.45) is 0.727. The Morgan fingerprint density at radius 3 is 2.81 bits per heavy atom. The number of aliphatic hydroxyl groups is 1. The molecule has 1 aromatic carbocycles. The minimum atomic E-state index is -0.906. The van der Waals surface area contributed by atoms with E-state index in [9.17, 15) is 9.90 Å². The minimum Gasteiger partial charge on any atom is -0.488 e. The van der Waals surface area contributed by atoms with E-state index in [0.717, 1.165) is 22.4 Å². The number of hydrogen-bond acceptors (Lipinski definition) is 7. The average molecular weight is 421 g/mol. The number of benzene rings is 1. The lowest BCUT2D eigenvalue weighted by molar-refractivity contribution is 0.0342. The largest absolute Gasteiger partial charge is 0.488 e. The third-order valence-electron chi connectivity index (χ3n) is 5.80. The van der Waals surface area contributed by atoms with Crippen molar-refractivity contribution >= 4 is 11.0 Å². The zero-order valence-corrected chi connectivity index (χ0v) is 17.7. The molecule has 2 atom stereocenters. The summed E-state index contributed by atoms with van der Waals surface area (Å²) >= 11 is 0. The van der Waals surface area contributed by atoms with Crippen molar-refractivity contribution in [1.82, 2.24) is 24.6 Å². The molecule has 5 rings (SSSR count). The molecule has 0 saturated carbocycles. The van der Waals surface area contributed by atoms with Crippen LogP contribution >= 0.6 is 0 Å². The molecule has 9 nitrogen and oxygen atoms in total. The Morgan fingerprint density at radius 2 is 2.10 bits per heavy atom. The second kappa shape index (κ2) is 7.07. The van der Waals surface area contributed by atoms with Gasteiger partial charge in [-0.3, -0.25) is 14.5 Å². The molecule has 0 spiro atoms. The van der Waals surface area contributed by atoms with E-state index < -0.39 is 12.3 Å². The fourth-order valence-corrected chi connectivity index (χ4v) is 4.33. The van der Waals surface area contributed by atoms with Gasteiger partial charge >= 0.3 is 5.69 Å². The number of ether oxygens (including phenoxy) is 1. The highest BCUT2D eigenvalue weighted by atomic mass is 16.5. The summed E-state index contributed by atoms with van der Waals surface area (Å²) in [6.45, 7) is 3.95. The zero-order valence-electron chi connectivity index (χ0n) is 17.7. The number of aromatic nitrogens is 4. The van der Waals surface area contributed by atoms with Gasteiger partial charge < -0.3 is 19.4 Å². The van der Waals surface area contributed by atoms with Crippen LogP contribution in [-0.4, -0.2) is 50.4 Å². The maximum Gasteiger partial charge on any atom is 0.327 e. The van der Waals surface area contributed by atoms with Crippen LogP contribution in [0, 0.1) is 13.8 Å². The van der Waals surface area contributed by atoms with E-state index in [4.69, 9.17) is 9.26 Å². The van der Waals surface area contributed by atoms with Crippen LogP contribution in [0.1, 0.15) is 35.0 Å². The van der Waals surface area contributed by atoms with Gasteiger partial charge in [0, 0.05) is 17.3 Å². The number of imidazole rings is 1. The van der Waals surface area contributed by atoms with E-state index in [1.54, 1.807) is 35.8 Å². The van der Waals surface area contributed by atoms with Crippen molar-refractivity contribution in [2.75, 3.05) is 20.7 Å². The van der Waals surface area contributed by atoms with E-state index >= 15 is 0 Å². The molecule has 4 aromatic rings. The van der Waals surface area contributed by atoms with Crippen molar-refractivity contribution in [1.29, 1.82) is 0 Å². The lowest BCUT2D eigenvalue weighted by Crippen LogP contribution is -2.33. The summed E-state index contributed by atoms with van der Waals surface area (Å²) in [5, 5.41) is 14.7. The van der Waals surface area contributed by atoms with Crippen molar-refractivity contribution in [3.8, 4) is 16.9 Å². The van der Waals surface area contributed by atoms with E-state index in [-0.39, 0.29) is 12.3 Å². The molecule has 2 N–H and O–H groups in total. The maximum absolute atomic E-state index is 13.0. The first-order valence-corrected chi connectivity index (χ1v) is 10.0. The topological polar surface area (TPSA) is 109 Å². The summed E-state index contributed by atoms with van der Waals surface area (Å²) < 4.78 is 13.3. The Balaban J connectivity index is 1.75. The molecule has 1 aliphatic heterocycles. The summed E-state index contributed by atoms with van der Waals surface area (Å²) in [5.41, 5.74) is 4.79. The number of pyridine rings is 1. The second-order valence-corrected chi connectivity index (χ2v) is 7.98. The number of nitrogens with one attached hydrogen (secondary N) is 1. The normalized spacial score (nSPS) is 16.6. The Bertz CT molecular complexity index is 1330. The predicted octanol–water partition coefficient (Wildman–Crippen LogP) is 2.53. The van der Waals surface area contributed by atoms with Crippen molar-refractivity contribution in [3.63, 3.8) is 0 Å². The first kappa shape index (κ1) is 19.5. The number of aryl methyl sites for hydroxylation is 2. The van der Waals surface area contributed by atoms with Crippen molar-refractivity contribution in [3.05, 3.63) is 63.7 Å². The van der Waals surface area contributed by atoms with E-state index in [2.05, 4.69) is 15.1 Å². The van der Waals surface area contributed by atoms with Gasteiger partial charge in [-0.1, -0.05) is 11.2 Å². The summed E-state index contributed by atoms with van der Waals surface area (Å²) in [4.78, 5) is 22.0. The number of nitrogens with zero attached hydrogens (tertiary/aromatic N) is 4. The van der Waals surface area contributed by atoms with E-state index in [1.807, 2.05) is 32.0 Å². The quantitative estimate of drug-likeness (QED) is 0.487. The van der Waals surface area contributed by atoms with Gasteiger partial charge in [0.25, 0.3) is 0 Å². The highest BCUT2D eigenvalue weighted by Crippen LogP contribution is 2.43. The van der Waals surface area contributed by atoms with Crippen molar-refractivity contribution in [2.24, 2.45) is 0 Å². The molecule has 4 heterocycles. The number of aliphatic hydroxyl groups excluding tert-OH is 1. The smallest absolute Gasteiger partial charge is 0.327 e. The highest BCUT2D eigenvalue weighted by Gasteiger charge is 2.33. The Hall–Kier alpha value is -3.43. The molecule has 0 radical (unpaired) electrons. The zero-order chi connectivity index (χ0) is 21.9. The molecule has 0 aliphatic carbocycles. The molecular weight excluding hydrogens is 398 g/mol. The fraction of sp³-hybridized carbons (Fsp3) is 0.318. The van der Waals surface area contributed by atoms with E-state index in [0.29, 0.717) is 28.2 Å². The predicted molar refractivity (Wildman–Crippen MR) is 114 cm³/mol. The van der Waals surface area contributed by atoms with Gasteiger partial charge in [-0.05, 0) is 46.1 Å². The summed E-state index contributed by atoms with van der Waals surface area (Å²) in [5.74, 6) is 1.30. The molecule has 0 bridgehead atoms. The molecule has 0 amide bonds. The SMILES string of the molecule is Cc1noc(C)c1-c1ccc2[nH]c(=O)n3c2c1OCC3c1cccnc1C(O)N(C)C. The number of H-pyrrole nitrogens is 1. The van der Waals surface area contributed by atoms with Crippen molar-refractivity contribution < 1.29 is 14.4 Å².